The Morgan fingerprint density at radius 1 is 1.06 bits per heavy atom. The smallest absolute Gasteiger partial charge is 0.325 e. The highest BCUT2D eigenvalue weighted by Gasteiger charge is 2.35. The molecule has 3 amide bonds. The predicted octanol–water partition coefficient (Wildman–Crippen LogP) is 1.42. The van der Waals surface area contributed by atoms with Gasteiger partial charge in [0.15, 0.2) is 0 Å². The van der Waals surface area contributed by atoms with Gasteiger partial charge in [0.25, 0.3) is 11.8 Å². The third kappa shape index (κ3) is 4.32. The first kappa shape index (κ1) is 20.7. The Morgan fingerprint density at radius 3 is 2.61 bits per heavy atom. The molecule has 2 fully saturated rings. The fraction of sp³-hybridized carbons (Fsp3) is 0.429. The second-order valence-corrected chi connectivity index (χ2v) is 7.27. The number of hydrogen-bond donors (Lipinski definition) is 0. The van der Waals surface area contributed by atoms with Crippen LogP contribution < -0.4 is 19.1 Å². The van der Waals surface area contributed by atoms with Gasteiger partial charge in [-0.25, -0.2) is 14.8 Å². The molecule has 2 aliphatic rings. The molecule has 2 saturated heterocycles. The second-order valence-electron chi connectivity index (χ2n) is 7.27. The van der Waals surface area contributed by atoms with Gasteiger partial charge < -0.3 is 24.0 Å². The van der Waals surface area contributed by atoms with E-state index in [0.29, 0.717) is 55.8 Å². The highest BCUT2D eigenvalue weighted by atomic mass is 16.5. The molecule has 2 aromatic rings. The Morgan fingerprint density at radius 2 is 1.84 bits per heavy atom. The summed E-state index contributed by atoms with van der Waals surface area (Å²) in [7, 11) is 3.08. The van der Waals surface area contributed by atoms with Crippen molar-refractivity contribution in [2.45, 2.75) is 12.5 Å². The minimum atomic E-state index is -0.200. The Hall–Kier alpha value is -3.56. The number of benzene rings is 1. The molecule has 2 aliphatic heterocycles. The molecular formula is C21H25N5O5. The van der Waals surface area contributed by atoms with E-state index in [-0.39, 0.29) is 24.6 Å². The molecule has 0 spiro atoms. The average Bonchev–Trinajstić information content (AvgIpc) is 3.41. The molecule has 0 radical (unpaired) electrons. The topological polar surface area (TPSA) is 97.3 Å². The number of carbonyl (C=O) groups is 2. The van der Waals surface area contributed by atoms with Crippen LogP contribution in [0.3, 0.4) is 0 Å². The fourth-order valence-corrected chi connectivity index (χ4v) is 3.81. The molecule has 0 bridgehead atoms. The highest BCUT2D eigenvalue weighted by molar-refractivity contribution is 5.97. The van der Waals surface area contributed by atoms with Crippen LogP contribution >= 0.6 is 0 Å². The fourth-order valence-electron chi connectivity index (χ4n) is 3.81. The van der Waals surface area contributed by atoms with Gasteiger partial charge in [0, 0.05) is 38.4 Å². The molecule has 1 atom stereocenters. The number of nitrogens with zero attached hydrogens (tertiary/aromatic N) is 5. The van der Waals surface area contributed by atoms with Crippen LogP contribution in [0.4, 0.5) is 10.5 Å². The van der Waals surface area contributed by atoms with Crippen molar-refractivity contribution >= 4 is 17.6 Å². The number of aromatic nitrogens is 2. The normalized spacial score (nSPS) is 18.5. The van der Waals surface area contributed by atoms with Crippen LogP contribution in [0.1, 0.15) is 6.42 Å². The predicted molar refractivity (Wildman–Crippen MR) is 112 cm³/mol. The zero-order valence-electron chi connectivity index (χ0n) is 17.6. The third-order valence-electron chi connectivity index (χ3n) is 5.40. The van der Waals surface area contributed by atoms with Crippen molar-refractivity contribution in [1.82, 2.24) is 19.8 Å². The highest BCUT2D eigenvalue weighted by Crippen LogP contribution is 2.30. The number of likely N-dealkylation sites (tertiary alicyclic amines) is 1. The van der Waals surface area contributed by atoms with E-state index < -0.39 is 0 Å². The molecule has 0 saturated carbocycles. The molecule has 1 unspecified atom stereocenters. The van der Waals surface area contributed by atoms with Gasteiger partial charge in [0.2, 0.25) is 5.91 Å². The van der Waals surface area contributed by atoms with Crippen LogP contribution in [-0.4, -0.2) is 84.8 Å². The van der Waals surface area contributed by atoms with Crippen LogP contribution in [0.25, 0.3) is 0 Å². The van der Waals surface area contributed by atoms with E-state index >= 15 is 0 Å². The maximum atomic E-state index is 12.9. The van der Waals surface area contributed by atoms with Gasteiger partial charge in [-0.15, -0.1) is 0 Å². The summed E-state index contributed by atoms with van der Waals surface area (Å²) in [6, 6.07) is 7.16. The monoisotopic (exact) mass is 427 g/mol. The summed E-state index contributed by atoms with van der Waals surface area (Å²) in [5, 5.41) is 0. The summed E-state index contributed by atoms with van der Waals surface area (Å²) in [5.41, 5.74) is 0.706. The number of methoxy groups -OCH3 is 2. The average molecular weight is 427 g/mol. The first-order valence-electron chi connectivity index (χ1n) is 10.1. The largest absolute Gasteiger partial charge is 0.495 e. The maximum absolute atomic E-state index is 12.9. The van der Waals surface area contributed by atoms with Crippen LogP contribution in [0, 0.1) is 0 Å². The van der Waals surface area contributed by atoms with Crippen LogP contribution in [0.2, 0.25) is 0 Å². The maximum Gasteiger partial charge on any atom is 0.325 e. The minimum absolute atomic E-state index is 0.0334. The van der Waals surface area contributed by atoms with E-state index in [1.165, 1.54) is 19.5 Å². The zero-order valence-corrected chi connectivity index (χ0v) is 17.6. The standard InChI is InChI=1S/C21H25N5O5/c1-29-17-6-4-3-5-16(17)26-12-11-25(21(26)28)14-18(27)24-10-7-15(13-24)31-20-19(30-2)22-8-9-23-20/h3-6,8-9,15H,7,10-14H2,1-2H3. The Labute approximate surface area is 180 Å². The Bertz CT molecular complexity index is 955. The molecule has 3 heterocycles. The van der Waals surface area contributed by atoms with Crippen molar-refractivity contribution in [2.75, 3.05) is 51.8 Å². The van der Waals surface area contributed by atoms with Gasteiger partial charge in [-0.3, -0.25) is 9.69 Å². The van der Waals surface area contributed by atoms with Gasteiger partial charge in [0.1, 0.15) is 18.4 Å². The molecule has 0 N–H and O–H groups in total. The summed E-state index contributed by atoms with van der Waals surface area (Å²) >= 11 is 0. The summed E-state index contributed by atoms with van der Waals surface area (Å²) in [4.78, 5) is 38.8. The molecule has 10 nitrogen and oxygen atoms in total. The number of rotatable bonds is 7. The lowest BCUT2D eigenvalue weighted by molar-refractivity contribution is -0.130. The summed E-state index contributed by atoms with van der Waals surface area (Å²) < 4.78 is 16.4. The molecule has 31 heavy (non-hydrogen) atoms. The van der Waals surface area contributed by atoms with E-state index in [0.717, 1.165) is 0 Å². The lowest BCUT2D eigenvalue weighted by atomic mass is 10.2. The number of anilines is 1. The van der Waals surface area contributed by atoms with E-state index in [9.17, 15) is 9.59 Å². The summed E-state index contributed by atoms with van der Waals surface area (Å²) in [6.07, 6.45) is 3.53. The molecule has 1 aromatic heterocycles. The van der Waals surface area contributed by atoms with Crippen molar-refractivity contribution in [3.63, 3.8) is 0 Å². The lowest BCUT2D eigenvalue weighted by Gasteiger charge is -2.22. The van der Waals surface area contributed by atoms with Crippen molar-refractivity contribution in [1.29, 1.82) is 0 Å². The van der Waals surface area contributed by atoms with E-state index in [2.05, 4.69) is 9.97 Å². The van der Waals surface area contributed by atoms with E-state index in [1.54, 1.807) is 21.8 Å². The van der Waals surface area contributed by atoms with Crippen molar-refractivity contribution < 1.29 is 23.8 Å². The number of urea groups is 1. The molecule has 4 rings (SSSR count). The van der Waals surface area contributed by atoms with E-state index in [1.807, 2.05) is 24.3 Å². The van der Waals surface area contributed by atoms with Gasteiger partial charge in [-0.2, -0.15) is 0 Å². The van der Waals surface area contributed by atoms with E-state index in [4.69, 9.17) is 14.2 Å². The number of ether oxygens (including phenoxy) is 3. The SMILES string of the molecule is COc1ccccc1N1CCN(CC(=O)N2CCC(Oc3nccnc3OC)C2)C1=O. The zero-order chi connectivity index (χ0) is 21.8. The quantitative estimate of drug-likeness (QED) is 0.659. The van der Waals surface area contributed by atoms with Gasteiger partial charge in [-0.1, -0.05) is 12.1 Å². The van der Waals surface area contributed by atoms with Gasteiger partial charge in [-0.05, 0) is 12.1 Å². The third-order valence-corrected chi connectivity index (χ3v) is 5.40. The Balaban J connectivity index is 1.33. The van der Waals surface area contributed by atoms with Crippen LogP contribution in [0.15, 0.2) is 36.7 Å². The summed E-state index contributed by atoms with van der Waals surface area (Å²) in [5.74, 6) is 1.15. The molecule has 164 valence electrons. The minimum Gasteiger partial charge on any atom is -0.495 e. The summed E-state index contributed by atoms with van der Waals surface area (Å²) in [6.45, 7) is 2.00. The second kappa shape index (κ2) is 9.07. The van der Waals surface area contributed by atoms with Crippen LogP contribution in [0.5, 0.6) is 17.5 Å². The van der Waals surface area contributed by atoms with Crippen LogP contribution in [-0.2, 0) is 4.79 Å². The number of carbonyl (C=O) groups excluding carboxylic acids is 2. The van der Waals surface area contributed by atoms with Crippen molar-refractivity contribution in [2.24, 2.45) is 0 Å². The molecule has 10 heteroatoms. The van der Waals surface area contributed by atoms with Gasteiger partial charge in [0.05, 0.1) is 26.5 Å². The van der Waals surface area contributed by atoms with Crippen molar-refractivity contribution in [3.8, 4) is 17.5 Å². The lowest BCUT2D eigenvalue weighted by Crippen LogP contribution is -2.42. The molecule has 0 aliphatic carbocycles. The number of amides is 3. The number of para-hydroxylation sites is 2. The number of hydrogen-bond acceptors (Lipinski definition) is 7. The Kier molecular flexibility index (Phi) is 6.06. The van der Waals surface area contributed by atoms with Gasteiger partial charge >= 0.3 is 6.03 Å². The van der Waals surface area contributed by atoms with Crippen molar-refractivity contribution in [3.05, 3.63) is 36.7 Å². The molecular weight excluding hydrogens is 402 g/mol. The first-order chi connectivity index (χ1) is 15.1. The first-order valence-corrected chi connectivity index (χ1v) is 10.1. The molecule has 1 aromatic carbocycles.